The minimum atomic E-state index is -0.746. The van der Waals surface area contributed by atoms with Gasteiger partial charge in [0, 0.05) is 5.56 Å². The summed E-state index contributed by atoms with van der Waals surface area (Å²) in [5.74, 6) is 3.57. The largest absolute Gasteiger partial charge is 0.294 e. The minimum absolute atomic E-state index is 0.0467. The monoisotopic (exact) mass is 192 g/mol. The Labute approximate surface area is 79.9 Å². The van der Waals surface area contributed by atoms with Crippen molar-refractivity contribution in [3.8, 4) is 0 Å². The van der Waals surface area contributed by atoms with Crippen molar-refractivity contribution in [2.75, 3.05) is 0 Å². The summed E-state index contributed by atoms with van der Waals surface area (Å²) in [5.41, 5.74) is 2.03. The number of amides is 1. The van der Waals surface area contributed by atoms with Gasteiger partial charge in [-0.05, 0) is 6.07 Å². The summed E-state index contributed by atoms with van der Waals surface area (Å²) in [6, 6.07) is 5.94. The Kier molecular flexibility index (Phi) is 3.09. The molecule has 1 aromatic rings. The van der Waals surface area contributed by atoms with E-state index in [4.69, 9.17) is 5.84 Å². The summed E-state index contributed by atoms with van der Waals surface area (Å²) >= 11 is 0. The molecule has 1 rings (SSSR count). The van der Waals surface area contributed by atoms with Crippen LogP contribution in [0.2, 0.25) is 0 Å². The van der Waals surface area contributed by atoms with E-state index in [0.717, 1.165) is 0 Å². The van der Waals surface area contributed by atoms with E-state index in [1.165, 1.54) is 12.1 Å². The van der Waals surface area contributed by atoms with Crippen molar-refractivity contribution in [3.05, 3.63) is 35.4 Å². The summed E-state index contributed by atoms with van der Waals surface area (Å²) in [4.78, 5) is 32.5. The van der Waals surface area contributed by atoms with Crippen molar-refractivity contribution in [2.45, 2.75) is 0 Å². The van der Waals surface area contributed by atoms with Crippen LogP contribution in [0.15, 0.2) is 24.3 Å². The maximum atomic E-state index is 11.2. The second-order valence-electron chi connectivity index (χ2n) is 2.50. The molecule has 0 spiro atoms. The number of carbonyl (C=O) groups excluding carboxylic acids is 3. The fraction of sp³-hybridized carbons (Fsp3) is 0. The number of Topliss-reactive ketones (excluding diaryl/α,β-unsaturated/α-hetero) is 1. The zero-order valence-corrected chi connectivity index (χ0v) is 7.19. The van der Waals surface area contributed by atoms with Gasteiger partial charge in [-0.15, -0.1) is 0 Å². The fourth-order valence-electron chi connectivity index (χ4n) is 1.04. The second-order valence-corrected chi connectivity index (χ2v) is 2.50. The molecule has 0 saturated heterocycles. The van der Waals surface area contributed by atoms with Crippen LogP contribution in [-0.4, -0.2) is 18.0 Å². The van der Waals surface area contributed by atoms with Crippen LogP contribution in [0.5, 0.6) is 0 Å². The molecule has 1 amide bonds. The zero-order valence-electron chi connectivity index (χ0n) is 7.19. The zero-order chi connectivity index (χ0) is 10.6. The van der Waals surface area contributed by atoms with Crippen LogP contribution in [-0.2, 0) is 4.79 Å². The molecule has 1 aromatic carbocycles. The van der Waals surface area contributed by atoms with Gasteiger partial charge in [0.15, 0.2) is 6.29 Å². The number of hydrogen-bond donors (Lipinski definition) is 2. The van der Waals surface area contributed by atoms with Gasteiger partial charge in [0.1, 0.15) is 0 Å². The third-order valence-electron chi connectivity index (χ3n) is 1.68. The molecule has 0 saturated carbocycles. The molecule has 0 bridgehead atoms. The fourth-order valence-corrected chi connectivity index (χ4v) is 1.04. The molecular weight excluding hydrogens is 184 g/mol. The van der Waals surface area contributed by atoms with Gasteiger partial charge in [0.05, 0.1) is 5.56 Å². The molecular formula is C9H8N2O3. The van der Waals surface area contributed by atoms with Crippen LogP contribution in [0.3, 0.4) is 0 Å². The molecule has 0 atom stereocenters. The highest BCUT2D eigenvalue weighted by Gasteiger charge is 2.14. The van der Waals surface area contributed by atoms with Crippen molar-refractivity contribution in [2.24, 2.45) is 5.84 Å². The van der Waals surface area contributed by atoms with Gasteiger partial charge in [-0.2, -0.15) is 0 Å². The van der Waals surface area contributed by atoms with E-state index in [-0.39, 0.29) is 17.4 Å². The standard InChI is InChI=1S/C9H8N2O3/c10-11-9(14)7-4-2-1-3-6(7)8(13)5-12/h1-5H,10H2,(H,11,14). The van der Waals surface area contributed by atoms with Gasteiger partial charge >= 0.3 is 0 Å². The van der Waals surface area contributed by atoms with E-state index in [9.17, 15) is 14.4 Å². The number of benzene rings is 1. The lowest BCUT2D eigenvalue weighted by molar-refractivity contribution is -0.104. The number of rotatable bonds is 3. The summed E-state index contributed by atoms with van der Waals surface area (Å²) < 4.78 is 0. The highest BCUT2D eigenvalue weighted by molar-refractivity contribution is 6.35. The first-order chi connectivity index (χ1) is 6.70. The van der Waals surface area contributed by atoms with Crippen LogP contribution < -0.4 is 11.3 Å². The van der Waals surface area contributed by atoms with Crippen LogP contribution in [0.4, 0.5) is 0 Å². The van der Waals surface area contributed by atoms with Gasteiger partial charge in [-0.3, -0.25) is 19.8 Å². The van der Waals surface area contributed by atoms with Crippen molar-refractivity contribution < 1.29 is 14.4 Å². The maximum Gasteiger partial charge on any atom is 0.265 e. The van der Waals surface area contributed by atoms with Gasteiger partial charge in [0.25, 0.3) is 5.91 Å². The van der Waals surface area contributed by atoms with E-state index in [0.29, 0.717) is 0 Å². The van der Waals surface area contributed by atoms with Gasteiger partial charge < -0.3 is 0 Å². The Morgan fingerprint density at radius 2 is 1.79 bits per heavy atom. The first-order valence-electron chi connectivity index (χ1n) is 3.80. The van der Waals surface area contributed by atoms with Gasteiger partial charge in [-0.1, -0.05) is 18.2 Å². The highest BCUT2D eigenvalue weighted by atomic mass is 16.2. The molecule has 5 heteroatoms. The first-order valence-corrected chi connectivity index (χ1v) is 3.80. The third kappa shape index (κ3) is 1.83. The van der Waals surface area contributed by atoms with E-state index >= 15 is 0 Å². The molecule has 0 aliphatic rings. The lowest BCUT2D eigenvalue weighted by atomic mass is 10.0. The van der Waals surface area contributed by atoms with E-state index in [1.54, 1.807) is 12.1 Å². The smallest absolute Gasteiger partial charge is 0.265 e. The van der Waals surface area contributed by atoms with Gasteiger partial charge in [0.2, 0.25) is 5.78 Å². The number of hydrazine groups is 1. The van der Waals surface area contributed by atoms with E-state index in [2.05, 4.69) is 0 Å². The average molecular weight is 192 g/mol. The lowest BCUT2D eigenvalue weighted by Gasteiger charge is -2.03. The summed E-state index contributed by atoms with van der Waals surface area (Å²) in [6.45, 7) is 0. The van der Waals surface area contributed by atoms with Crippen LogP contribution in [0.1, 0.15) is 20.7 Å². The Morgan fingerprint density at radius 1 is 1.21 bits per heavy atom. The van der Waals surface area contributed by atoms with Crippen molar-refractivity contribution in [1.82, 2.24) is 5.43 Å². The Bertz CT molecular complexity index is 387. The molecule has 0 unspecified atom stereocenters. The molecule has 72 valence electrons. The third-order valence-corrected chi connectivity index (χ3v) is 1.68. The molecule has 0 heterocycles. The normalized spacial score (nSPS) is 9.21. The minimum Gasteiger partial charge on any atom is -0.294 e. The summed E-state index contributed by atoms with van der Waals surface area (Å²) in [5, 5.41) is 0. The van der Waals surface area contributed by atoms with Gasteiger partial charge in [-0.25, -0.2) is 5.84 Å². The van der Waals surface area contributed by atoms with Crippen molar-refractivity contribution in [3.63, 3.8) is 0 Å². The van der Waals surface area contributed by atoms with Crippen LogP contribution in [0, 0.1) is 0 Å². The molecule has 0 aromatic heterocycles. The Balaban J connectivity index is 3.22. The van der Waals surface area contributed by atoms with Crippen LogP contribution in [0.25, 0.3) is 0 Å². The number of hydrogen-bond acceptors (Lipinski definition) is 4. The molecule has 0 fully saturated rings. The molecule has 0 aliphatic carbocycles. The highest BCUT2D eigenvalue weighted by Crippen LogP contribution is 2.08. The van der Waals surface area contributed by atoms with Crippen molar-refractivity contribution >= 4 is 18.0 Å². The Hall–Kier alpha value is -2.01. The molecule has 0 radical (unpaired) electrons. The number of nitrogen functional groups attached to an aromatic ring is 1. The number of aldehydes is 1. The lowest BCUT2D eigenvalue weighted by Crippen LogP contribution is -2.31. The molecule has 14 heavy (non-hydrogen) atoms. The summed E-state index contributed by atoms with van der Waals surface area (Å²) in [7, 11) is 0. The summed E-state index contributed by atoms with van der Waals surface area (Å²) in [6.07, 6.45) is 0.155. The topological polar surface area (TPSA) is 89.3 Å². The predicted octanol–water partition coefficient (Wildman–Crippen LogP) is -0.328. The predicted molar refractivity (Wildman–Crippen MR) is 48.5 cm³/mol. The average Bonchev–Trinajstić information content (AvgIpc) is 2.27. The number of nitrogens with one attached hydrogen (secondary N) is 1. The number of nitrogens with two attached hydrogens (primary N) is 1. The van der Waals surface area contributed by atoms with E-state index < -0.39 is 11.7 Å². The molecule has 3 N–H and O–H groups in total. The molecule has 5 nitrogen and oxygen atoms in total. The maximum absolute atomic E-state index is 11.2. The van der Waals surface area contributed by atoms with E-state index in [1.807, 2.05) is 5.43 Å². The number of ketones is 1. The second kappa shape index (κ2) is 4.29. The first kappa shape index (κ1) is 10.1. The number of carbonyl (C=O) groups is 3. The van der Waals surface area contributed by atoms with Crippen molar-refractivity contribution in [1.29, 1.82) is 0 Å². The Morgan fingerprint density at radius 3 is 2.29 bits per heavy atom. The van der Waals surface area contributed by atoms with Crippen LogP contribution >= 0.6 is 0 Å². The SMILES string of the molecule is NNC(=O)c1ccccc1C(=O)C=O. The molecule has 0 aliphatic heterocycles. The quantitative estimate of drug-likeness (QED) is 0.171.